The number of rotatable bonds is 5. The van der Waals surface area contributed by atoms with E-state index in [0.29, 0.717) is 22.9 Å². The zero-order valence-corrected chi connectivity index (χ0v) is 17.2. The lowest BCUT2D eigenvalue weighted by molar-refractivity contribution is 0.174. The van der Waals surface area contributed by atoms with Crippen LogP contribution < -0.4 is 18.9 Å². The molecule has 7 nitrogen and oxygen atoms in total. The predicted octanol–water partition coefficient (Wildman–Crippen LogP) is 4.54. The van der Waals surface area contributed by atoms with E-state index in [2.05, 4.69) is 6.07 Å². The molecule has 0 N–H and O–H groups in total. The third-order valence-electron chi connectivity index (χ3n) is 5.04. The summed E-state index contributed by atoms with van der Waals surface area (Å²) >= 11 is 1.52. The molecule has 3 heterocycles. The van der Waals surface area contributed by atoms with Crippen molar-refractivity contribution >= 4 is 16.3 Å². The lowest BCUT2D eigenvalue weighted by Crippen LogP contribution is -1.97. The molecule has 0 fully saturated rings. The van der Waals surface area contributed by atoms with Gasteiger partial charge < -0.3 is 18.9 Å². The Hall–Kier alpha value is -3.70. The van der Waals surface area contributed by atoms with Crippen molar-refractivity contribution in [3.8, 4) is 51.6 Å². The zero-order chi connectivity index (χ0) is 20.7. The highest BCUT2D eigenvalue weighted by molar-refractivity contribution is 7.15. The van der Waals surface area contributed by atoms with Gasteiger partial charge in [0.15, 0.2) is 16.5 Å². The molecule has 0 radical (unpaired) electrons. The maximum atomic E-state index is 9.54. The smallest absolute Gasteiger partial charge is 0.231 e. The Morgan fingerprint density at radius 2 is 2.00 bits per heavy atom. The van der Waals surface area contributed by atoms with Gasteiger partial charge in [-0.05, 0) is 36.4 Å². The maximum absolute atomic E-state index is 9.54. The molecule has 1 aliphatic rings. The van der Waals surface area contributed by atoms with Crippen molar-refractivity contribution in [1.29, 1.82) is 5.26 Å². The fraction of sp³-hybridized carbons (Fsp3) is 0.182. The van der Waals surface area contributed by atoms with Crippen LogP contribution in [-0.4, -0.2) is 30.4 Å². The number of aromatic nitrogens is 2. The molecule has 0 saturated heterocycles. The van der Waals surface area contributed by atoms with Crippen LogP contribution in [-0.2, 0) is 6.42 Å². The van der Waals surface area contributed by atoms with Crippen LogP contribution in [0.1, 0.15) is 5.69 Å². The summed E-state index contributed by atoms with van der Waals surface area (Å²) in [5.74, 6) is 2.81. The van der Waals surface area contributed by atoms with Gasteiger partial charge in [-0.25, -0.2) is 4.98 Å². The number of imidazole rings is 1. The second kappa shape index (κ2) is 7.28. The van der Waals surface area contributed by atoms with E-state index >= 15 is 0 Å². The number of benzene rings is 2. The number of hydrogen-bond donors (Lipinski definition) is 0. The summed E-state index contributed by atoms with van der Waals surface area (Å²) < 4.78 is 23.9. The monoisotopic (exact) mass is 419 g/mol. The van der Waals surface area contributed by atoms with Crippen LogP contribution in [0.5, 0.6) is 23.0 Å². The molecule has 2 aromatic heterocycles. The van der Waals surface area contributed by atoms with Gasteiger partial charge in [-0.1, -0.05) is 0 Å². The molecule has 5 rings (SSSR count). The molecule has 0 bridgehead atoms. The predicted molar refractivity (Wildman–Crippen MR) is 112 cm³/mol. The third-order valence-corrected chi connectivity index (χ3v) is 5.86. The molecular formula is C22H17N3O4S. The van der Waals surface area contributed by atoms with Crippen LogP contribution >= 0.6 is 11.3 Å². The van der Waals surface area contributed by atoms with Gasteiger partial charge in [-0.15, -0.1) is 11.3 Å². The summed E-state index contributed by atoms with van der Waals surface area (Å²) in [5.41, 5.74) is 4.20. The van der Waals surface area contributed by atoms with E-state index in [1.165, 1.54) is 11.3 Å². The Bertz CT molecular complexity index is 1300. The molecule has 2 aromatic carbocycles. The second-order valence-corrected chi connectivity index (χ2v) is 7.45. The van der Waals surface area contributed by atoms with Crippen LogP contribution in [0, 0.1) is 11.3 Å². The summed E-state index contributed by atoms with van der Waals surface area (Å²) in [4.78, 5) is 5.64. The molecular weight excluding hydrogens is 402 g/mol. The number of nitrogens with zero attached hydrogens (tertiary/aromatic N) is 3. The SMILES string of the molecule is COc1ccc(OC)c(-c2nc3scc(-c4ccc5c(c4)OCO5)n3c2CC#N)c1. The van der Waals surface area contributed by atoms with Crippen LogP contribution in [0.25, 0.3) is 27.5 Å². The van der Waals surface area contributed by atoms with Crippen molar-refractivity contribution in [2.45, 2.75) is 6.42 Å². The minimum atomic E-state index is 0.200. The van der Waals surface area contributed by atoms with Crippen LogP contribution in [0.2, 0.25) is 0 Å². The number of hydrogen-bond acceptors (Lipinski definition) is 7. The number of thiazole rings is 1. The quantitative estimate of drug-likeness (QED) is 0.473. The topological polar surface area (TPSA) is 78.0 Å². The number of ether oxygens (including phenoxy) is 4. The third kappa shape index (κ3) is 2.83. The van der Waals surface area contributed by atoms with Gasteiger partial charge in [0.05, 0.1) is 43.8 Å². The highest BCUT2D eigenvalue weighted by Gasteiger charge is 2.23. The van der Waals surface area contributed by atoms with Gasteiger partial charge in [-0.3, -0.25) is 4.40 Å². The Balaban J connectivity index is 1.73. The molecule has 150 valence electrons. The van der Waals surface area contributed by atoms with Crippen molar-refractivity contribution in [3.63, 3.8) is 0 Å². The maximum Gasteiger partial charge on any atom is 0.231 e. The van der Waals surface area contributed by atoms with Gasteiger partial charge in [0.25, 0.3) is 0 Å². The zero-order valence-electron chi connectivity index (χ0n) is 16.3. The molecule has 0 spiro atoms. The number of nitriles is 1. The van der Waals surface area contributed by atoms with Crippen LogP contribution in [0.4, 0.5) is 0 Å². The van der Waals surface area contributed by atoms with Gasteiger partial charge in [0.1, 0.15) is 11.5 Å². The average Bonchev–Trinajstić information content (AvgIpc) is 3.49. The normalized spacial score (nSPS) is 12.2. The summed E-state index contributed by atoms with van der Waals surface area (Å²) in [5, 5.41) is 11.6. The van der Waals surface area contributed by atoms with Crippen molar-refractivity contribution in [3.05, 3.63) is 47.5 Å². The minimum Gasteiger partial charge on any atom is -0.497 e. The number of methoxy groups -OCH3 is 2. The van der Waals surface area contributed by atoms with Crippen molar-refractivity contribution in [2.75, 3.05) is 21.0 Å². The van der Waals surface area contributed by atoms with Gasteiger partial charge in [0, 0.05) is 16.5 Å². The van der Waals surface area contributed by atoms with Gasteiger partial charge >= 0.3 is 0 Å². The first kappa shape index (κ1) is 18.3. The number of fused-ring (bicyclic) bond motifs is 2. The lowest BCUT2D eigenvalue weighted by atomic mass is 10.1. The minimum absolute atomic E-state index is 0.200. The van der Waals surface area contributed by atoms with Crippen LogP contribution in [0.15, 0.2) is 41.8 Å². The van der Waals surface area contributed by atoms with E-state index < -0.39 is 0 Å². The molecule has 30 heavy (non-hydrogen) atoms. The molecule has 1 aliphatic heterocycles. The van der Waals surface area contributed by atoms with Crippen molar-refractivity contribution < 1.29 is 18.9 Å². The Kier molecular flexibility index (Phi) is 4.45. The molecule has 0 saturated carbocycles. The Morgan fingerprint density at radius 1 is 1.13 bits per heavy atom. The van der Waals surface area contributed by atoms with E-state index in [0.717, 1.165) is 33.2 Å². The summed E-state index contributed by atoms with van der Waals surface area (Å²) in [6, 6.07) is 13.7. The molecule has 8 heteroatoms. The fourth-order valence-electron chi connectivity index (χ4n) is 3.63. The lowest BCUT2D eigenvalue weighted by Gasteiger charge is -2.10. The largest absolute Gasteiger partial charge is 0.497 e. The first-order valence-electron chi connectivity index (χ1n) is 9.21. The highest BCUT2D eigenvalue weighted by Crippen LogP contribution is 2.40. The Morgan fingerprint density at radius 3 is 2.80 bits per heavy atom. The fourth-order valence-corrected chi connectivity index (χ4v) is 4.54. The summed E-state index contributed by atoms with van der Waals surface area (Å²) in [7, 11) is 3.23. The second-order valence-electron chi connectivity index (χ2n) is 6.62. The van der Waals surface area contributed by atoms with Gasteiger partial charge in [0.2, 0.25) is 6.79 Å². The highest BCUT2D eigenvalue weighted by atomic mass is 32.1. The average molecular weight is 419 g/mol. The first-order chi connectivity index (χ1) is 14.7. The first-order valence-corrected chi connectivity index (χ1v) is 10.1. The van der Waals surface area contributed by atoms with Crippen molar-refractivity contribution in [2.24, 2.45) is 0 Å². The molecule has 4 aromatic rings. The van der Waals surface area contributed by atoms with E-state index in [1.807, 2.05) is 46.2 Å². The van der Waals surface area contributed by atoms with E-state index in [1.54, 1.807) is 14.2 Å². The van der Waals surface area contributed by atoms with Crippen LogP contribution in [0.3, 0.4) is 0 Å². The van der Waals surface area contributed by atoms with E-state index in [-0.39, 0.29) is 13.2 Å². The van der Waals surface area contributed by atoms with E-state index in [4.69, 9.17) is 23.9 Å². The van der Waals surface area contributed by atoms with E-state index in [9.17, 15) is 5.26 Å². The summed E-state index contributed by atoms with van der Waals surface area (Å²) in [6.45, 7) is 0.225. The molecule has 0 amide bonds. The van der Waals surface area contributed by atoms with Crippen molar-refractivity contribution in [1.82, 2.24) is 9.38 Å². The molecule has 0 unspecified atom stereocenters. The molecule has 0 atom stereocenters. The standard InChI is InChI=1S/C22H17N3O4S/c1-26-14-4-6-18(27-2)15(10-14)21-16(7-8-23)25-17(11-30-22(25)24-21)13-3-5-19-20(9-13)29-12-28-19/h3-6,9-11H,7,12H2,1-2H3. The van der Waals surface area contributed by atoms with Gasteiger partial charge in [-0.2, -0.15) is 5.26 Å². The summed E-state index contributed by atoms with van der Waals surface area (Å²) in [6.07, 6.45) is 0.200. The Labute approximate surface area is 176 Å². The molecule has 0 aliphatic carbocycles.